The summed E-state index contributed by atoms with van der Waals surface area (Å²) in [5.41, 5.74) is 1.12. The predicted octanol–water partition coefficient (Wildman–Crippen LogP) is 6.10. The second-order valence-electron chi connectivity index (χ2n) is 9.71. The fraction of sp³-hybridized carbons (Fsp3) is 0.310. The Bertz CT molecular complexity index is 1380. The predicted molar refractivity (Wildman–Crippen MR) is 134 cm³/mol. The Balaban J connectivity index is 1.44. The summed E-state index contributed by atoms with van der Waals surface area (Å²) in [5, 5.41) is 12.4. The van der Waals surface area contributed by atoms with E-state index in [1.807, 2.05) is 6.07 Å². The van der Waals surface area contributed by atoms with Crippen LogP contribution in [0.5, 0.6) is 17.2 Å². The van der Waals surface area contributed by atoms with Gasteiger partial charge in [0.25, 0.3) is 0 Å². The summed E-state index contributed by atoms with van der Waals surface area (Å²) < 4.78 is 54.1. The molecule has 2 N–H and O–H groups in total. The molecule has 5 rings (SSSR count). The van der Waals surface area contributed by atoms with Crippen LogP contribution in [0.4, 0.5) is 13.2 Å². The molecule has 204 valence electrons. The van der Waals surface area contributed by atoms with Crippen molar-refractivity contribution in [3.05, 3.63) is 89.0 Å². The minimum absolute atomic E-state index is 0.144. The van der Waals surface area contributed by atoms with Crippen molar-refractivity contribution < 1.29 is 42.1 Å². The van der Waals surface area contributed by atoms with Crippen LogP contribution in [0.1, 0.15) is 64.9 Å². The normalized spacial score (nSPS) is 19.6. The number of ether oxygens (including phenoxy) is 3. The molecule has 39 heavy (non-hydrogen) atoms. The first-order valence-corrected chi connectivity index (χ1v) is 12.4. The van der Waals surface area contributed by atoms with Crippen molar-refractivity contribution in [1.82, 2.24) is 5.32 Å². The fourth-order valence-corrected chi connectivity index (χ4v) is 5.22. The van der Waals surface area contributed by atoms with E-state index in [9.17, 15) is 27.9 Å². The van der Waals surface area contributed by atoms with Gasteiger partial charge in [-0.15, -0.1) is 13.2 Å². The summed E-state index contributed by atoms with van der Waals surface area (Å²) in [6.07, 6.45) is -3.21. The number of rotatable bonds is 7. The Morgan fingerprint density at radius 1 is 1.03 bits per heavy atom. The highest BCUT2D eigenvalue weighted by molar-refractivity contribution is 5.90. The van der Waals surface area contributed by atoms with Crippen LogP contribution in [0, 0.1) is 0 Å². The van der Waals surface area contributed by atoms with E-state index in [4.69, 9.17) is 9.47 Å². The molecule has 1 amide bonds. The second-order valence-corrected chi connectivity index (χ2v) is 9.71. The van der Waals surface area contributed by atoms with Gasteiger partial charge < -0.3 is 24.6 Å². The molecule has 7 nitrogen and oxygen atoms in total. The van der Waals surface area contributed by atoms with Gasteiger partial charge in [-0.25, -0.2) is 4.79 Å². The summed E-state index contributed by atoms with van der Waals surface area (Å²) in [6.45, 7) is 0. The van der Waals surface area contributed by atoms with Gasteiger partial charge in [0.1, 0.15) is 23.4 Å². The van der Waals surface area contributed by atoms with E-state index in [1.54, 1.807) is 30.3 Å². The standard InChI is InChI=1S/C29H26F3NO6/c1-37-20-10-11-22-23(16-24(38-25(22)15-20)17-6-8-18(9-7-17)26(34)35)33-27(36)28(12-3-13-28)19-4-2-5-21(14-19)39-29(30,31)32/h2,4-11,14-15,23-24H,3,12-13,16H2,1H3,(H,33,36)(H,34,35)/t23-,24-/m1/s1. The lowest BCUT2D eigenvalue weighted by atomic mass is 9.63. The number of benzene rings is 3. The van der Waals surface area contributed by atoms with Gasteiger partial charge in [0, 0.05) is 18.1 Å². The van der Waals surface area contributed by atoms with Gasteiger partial charge in [0.15, 0.2) is 0 Å². The number of nitrogens with one attached hydrogen (secondary N) is 1. The molecule has 0 aromatic heterocycles. The number of hydrogen-bond donors (Lipinski definition) is 2. The molecule has 1 saturated carbocycles. The van der Waals surface area contributed by atoms with Gasteiger partial charge in [-0.05, 0) is 60.4 Å². The van der Waals surface area contributed by atoms with Gasteiger partial charge in [0.05, 0.1) is 24.1 Å². The quantitative estimate of drug-likeness (QED) is 0.376. The third-order valence-electron chi connectivity index (χ3n) is 7.41. The Kier molecular flexibility index (Phi) is 6.88. The lowest BCUT2D eigenvalue weighted by Gasteiger charge is -2.43. The number of amides is 1. The number of halogens is 3. The van der Waals surface area contributed by atoms with E-state index < -0.39 is 29.9 Å². The van der Waals surface area contributed by atoms with Crippen LogP contribution in [-0.4, -0.2) is 30.5 Å². The number of carboxylic acid groups (broad SMARTS) is 1. The van der Waals surface area contributed by atoms with E-state index in [2.05, 4.69) is 10.1 Å². The van der Waals surface area contributed by atoms with E-state index in [0.29, 0.717) is 36.3 Å². The maximum Gasteiger partial charge on any atom is 0.573 e. The molecule has 1 fully saturated rings. The Morgan fingerprint density at radius 2 is 1.77 bits per heavy atom. The number of methoxy groups -OCH3 is 1. The minimum Gasteiger partial charge on any atom is -0.497 e. The topological polar surface area (TPSA) is 94.1 Å². The summed E-state index contributed by atoms with van der Waals surface area (Å²) in [6, 6.07) is 16.8. The molecule has 0 unspecified atom stereocenters. The van der Waals surface area contributed by atoms with Crippen LogP contribution in [0.15, 0.2) is 66.7 Å². The van der Waals surface area contributed by atoms with E-state index >= 15 is 0 Å². The average molecular weight is 542 g/mol. The van der Waals surface area contributed by atoms with E-state index in [1.165, 1.54) is 37.4 Å². The highest BCUT2D eigenvalue weighted by Gasteiger charge is 2.47. The molecule has 0 saturated heterocycles. The van der Waals surface area contributed by atoms with Crippen LogP contribution >= 0.6 is 0 Å². The molecule has 2 aliphatic rings. The molecular formula is C29H26F3NO6. The maximum absolute atomic E-state index is 13.8. The largest absolute Gasteiger partial charge is 0.573 e. The first-order chi connectivity index (χ1) is 18.6. The van der Waals surface area contributed by atoms with Crippen molar-refractivity contribution in [3.8, 4) is 17.2 Å². The van der Waals surface area contributed by atoms with Crippen LogP contribution in [0.2, 0.25) is 0 Å². The zero-order chi connectivity index (χ0) is 27.8. The number of carbonyl (C=O) groups is 2. The highest BCUT2D eigenvalue weighted by atomic mass is 19.4. The average Bonchev–Trinajstić information content (AvgIpc) is 2.87. The van der Waals surface area contributed by atoms with Crippen LogP contribution in [-0.2, 0) is 10.2 Å². The number of carbonyl (C=O) groups excluding carboxylic acids is 1. The van der Waals surface area contributed by atoms with Crippen LogP contribution in [0.3, 0.4) is 0 Å². The molecule has 0 radical (unpaired) electrons. The minimum atomic E-state index is -4.84. The third kappa shape index (κ3) is 5.36. The second kappa shape index (κ2) is 10.2. The summed E-state index contributed by atoms with van der Waals surface area (Å²) >= 11 is 0. The van der Waals surface area contributed by atoms with Crippen molar-refractivity contribution >= 4 is 11.9 Å². The fourth-order valence-electron chi connectivity index (χ4n) is 5.22. The Morgan fingerprint density at radius 3 is 2.38 bits per heavy atom. The number of carboxylic acids is 1. The van der Waals surface area contributed by atoms with Crippen molar-refractivity contribution in [2.24, 2.45) is 0 Å². The zero-order valence-corrected chi connectivity index (χ0v) is 21.0. The first kappa shape index (κ1) is 26.4. The molecule has 10 heteroatoms. The van der Waals surface area contributed by atoms with Crippen LogP contribution < -0.4 is 19.5 Å². The Labute approximate surface area is 222 Å². The van der Waals surface area contributed by atoms with Gasteiger partial charge >= 0.3 is 12.3 Å². The monoisotopic (exact) mass is 541 g/mol. The van der Waals surface area contributed by atoms with Gasteiger partial charge in [-0.2, -0.15) is 0 Å². The summed E-state index contributed by atoms with van der Waals surface area (Å²) in [7, 11) is 1.53. The molecule has 3 aromatic rings. The highest BCUT2D eigenvalue weighted by Crippen LogP contribution is 2.47. The number of alkyl halides is 3. The van der Waals surface area contributed by atoms with Crippen LogP contribution in [0.25, 0.3) is 0 Å². The molecule has 3 aromatic carbocycles. The molecule has 0 spiro atoms. The Hall–Kier alpha value is -4.21. The van der Waals surface area contributed by atoms with E-state index in [-0.39, 0.29) is 17.2 Å². The number of hydrogen-bond acceptors (Lipinski definition) is 5. The van der Waals surface area contributed by atoms with Gasteiger partial charge in [-0.3, -0.25) is 4.79 Å². The zero-order valence-electron chi connectivity index (χ0n) is 21.0. The van der Waals surface area contributed by atoms with Crippen molar-refractivity contribution in [2.45, 2.75) is 49.6 Å². The molecule has 1 aliphatic heterocycles. The summed E-state index contributed by atoms with van der Waals surface area (Å²) in [4.78, 5) is 25.1. The van der Waals surface area contributed by atoms with Crippen molar-refractivity contribution in [2.75, 3.05) is 7.11 Å². The number of aromatic carboxylic acids is 1. The molecule has 1 aliphatic carbocycles. The van der Waals surface area contributed by atoms with Crippen molar-refractivity contribution in [3.63, 3.8) is 0 Å². The lowest BCUT2D eigenvalue weighted by molar-refractivity contribution is -0.274. The van der Waals surface area contributed by atoms with E-state index in [0.717, 1.165) is 17.5 Å². The summed E-state index contributed by atoms with van der Waals surface area (Å²) in [5.74, 6) is -0.611. The number of fused-ring (bicyclic) bond motifs is 1. The lowest BCUT2D eigenvalue weighted by Crippen LogP contribution is -2.50. The smallest absolute Gasteiger partial charge is 0.497 e. The molecule has 0 bridgehead atoms. The molecular weight excluding hydrogens is 515 g/mol. The maximum atomic E-state index is 13.8. The van der Waals surface area contributed by atoms with Crippen molar-refractivity contribution in [1.29, 1.82) is 0 Å². The van der Waals surface area contributed by atoms with Gasteiger partial charge in [0.2, 0.25) is 5.91 Å². The molecule has 1 heterocycles. The SMILES string of the molecule is COc1ccc2c(c1)O[C@@H](c1ccc(C(=O)O)cc1)C[C@H]2NC(=O)C1(c2cccc(OC(F)(F)F)c2)CCC1. The third-order valence-corrected chi connectivity index (χ3v) is 7.41. The molecule has 2 atom stereocenters. The first-order valence-electron chi connectivity index (χ1n) is 12.4. The van der Waals surface area contributed by atoms with Gasteiger partial charge in [-0.1, -0.05) is 30.7 Å².